The Hall–Kier alpha value is -1.97. The van der Waals surface area contributed by atoms with E-state index in [9.17, 15) is 0 Å². The molecule has 1 fully saturated rings. The van der Waals surface area contributed by atoms with Gasteiger partial charge in [-0.3, -0.25) is 4.98 Å². The topological polar surface area (TPSA) is 63.7 Å². The minimum absolute atomic E-state index is 0.140. The molecule has 0 bridgehead atoms. The van der Waals surface area contributed by atoms with Gasteiger partial charge in [-0.05, 0) is 36.6 Å². The molecule has 3 aromatic heterocycles. The second-order valence-electron chi connectivity index (χ2n) is 6.74. The molecular formula is C19H22N4OS. The van der Waals surface area contributed by atoms with Gasteiger partial charge in [0.2, 0.25) is 0 Å². The van der Waals surface area contributed by atoms with Gasteiger partial charge in [0.05, 0.1) is 34.1 Å². The van der Waals surface area contributed by atoms with Crippen molar-refractivity contribution in [2.24, 2.45) is 5.92 Å². The standard InChI is InChI=1S/C19H22N4OS/c1-3-17-22-15-11-21-14-7-9-25-19(14)18(15)23(17)13-5-4-12(6-8-20)16(10-13)24-2/h7,9,11-13,16H,3-6,10H2,1-2H3/t12-,13+,16-/m1/s1. The first kappa shape index (κ1) is 16.5. The van der Waals surface area contributed by atoms with E-state index in [0.29, 0.717) is 18.4 Å². The van der Waals surface area contributed by atoms with Gasteiger partial charge in [0.15, 0.2) is 0 Å². The third kappa shape index (κ3) is 2.72. The van der Waals surface area contributed by atoms with Crippen molar-refractivity contribution in [3.63, 3.8) is 0 Å². The Kier molecular flexibility index (Phi) is 4.45. The van der Waals surface area contributed by atoms with E-state index < -0.39 is 0 Å². The molecule has 0 unspecified atom stereocenters. The van der Waals surface area contributed by atoms with E-state index >= 15 is 0 Å². The van der Waals surface area contributed by atoms with Crippen molar-refractivity contribution in [3.05, 3.63) is 23.5 Å². The van der Waals surface area contributed by atoms with Crippen molar-refractivity contribution in [2.45, 2.75) is 51.2 Å². The summed E-state index contributed by atoms with van der Waals surface area (Å²) >= 11 is 1.74. The van der Waals surface area contributed by atoms with Crippen LogP contribution < -0.4 is 0 Å². The monoisotopic (exact) mass is 354 g/mol. The van der Waals surface area contributed by atoms with Gasteiger partial charge in [-0.1, -0.05) is 6.92 Å². The zero-order valence-corrected chi connectivity index (χ0v) is 15.4. The lowest BCUT2D eigenvalue weighted by molar-refractivity contribution is 0.00908. The minimum atomic E-state index is 0.140. The Morgan fingerprint density at radius 2 is 2.28 bits per heavy atom. The van der Waals surface area contributed by atoms with E-state index in [2.05, 4.69) is 34.0 Å². The summed E-state index contributed by atoms with van der Waals surface area (Å²) in [5.74, 6) is 1.46. The van der Waals surface area contributed by atoms with Gasteiger partial charge in [0.1, 0.15) is 11.3 Å². The van der Waals surface area contributed by atoms with Crippen LogP contribution >= 0.6 is 11.3 Å². The summed E-state index contributed by atoms with van der Waals surface area (Å²) in [5.41, 5.74) is 3.25. The Balaban J connectivity index is 1.80. The van der Waals surface area contributed by atoms with E-state index in [1.807, 2.05) is 6.20 Å². The Morgan fingerprint density at radius 1 is 1.40 bits per heavy atom. The van der Waals surface area contributed by atoms with E-state index in [1.54, 1.807) is 18.4 Å². The van der Waals surface area contributed by atoms with Gasteiger partial charge in [0.25, 0.3) is 0 Å². The predicted molar refractivity (Wildman–Crippen MR) is 99.7 cm³/mol. The fourth-order valence-corrected chi connectivity index (χ4v) is 5.10. The summed E-state index contributed by atoms with van der Waals surface area (Å²) in [6, 6.07) is 4.76. The van der Waals surface area contributed by atoms with E-state index in [4.69, 9.17) is 15.0 Å². The molecule has 1 aliphatic rings. The molecule has 3 aromatic rings. The molecule has 0 radical (unpaired) electrons. The maximum absolute atomic E-state index is 9.07. The quantitative estimate of drug-likeness (QED) is 0.693. The molecule has 1 aliphatic carbocycles. The molecule has 3 atom stereocenters. The lowest BCUT2D eigenvalue weighted by Gasteiger charge is -2.35. The lowest BCUT2D eigenvalue weighted by Crippen LogP contribution is -2.32. The number of thiophene rings is 1. The van der Waals surface area contributed by atoms with Gasteiger partial charge in [-0.25, -0.2) is 4.98 Å². The van der Waals surface area contributed by atoms with Crippen LogP contribution in [-0.2, 0) is 11.2 Å². The Labute approximate surface area is 151 Å². The zero-order valence-electron chi connectivity index (χ0n) is 14.6. The van der Waals surface area contributed by atoms with Crippen molar-refractivity contribution in [2.75, 3.05) is 7.11 Å². The lowest BCUT2D eigenvalue weighted by atomic mass is 9.81. The first-order chi connectivity index (χ1) is 12.3. The number of aryl methyl sites for hydroxylation is 1. The van der Waals surface area contributed by atoms with Crippen LogP contribution in [0.3, 0.4) is 0 Å². The van der Waals surface area contributed by atoms with E-state index in [0.717, 1.165) is 42.5 Å². The van der Waals surface area contributed by atoms with Gasteiger partial charge in [-0.15, -0.1) is 11.3 Å². The first-order valence-electron chi connectivity index (χ1n) is 8.89. The average molecular weight is 354 g/mol. The van der Waals surface area contributed by atoms with E-state index in [-0.39, 0.29) is 6.10 Å². The summed E-state index contributed by atoms with van der Waals surface area (Å²) in [4.78, 5) is 9.40. The highest BCUT2D eigenvalue weighted by Gasteiger charge is 2.33. The number of hydrogen-bond acceptors (Lipinski definition) is 5. The van der Waals surface area contributed by atoms with Gasteiger partial charge in [0, 0.05) is 26.0 Å². The minimum Gasteiger partial charge on any atom is -0.381 e. The molecule has 0 amide bonds. The molecule has 5 nitrogen and oxygen atoms in total. The first-order valence-corrected chi connectivity index (χ1v) is 9.77. The molecule has 0 saturated heterocycles. The fraction of sp³-hybridized carbons (Fsp3) is 0.526. The molecule has 4 rings (SSSR count). The molecule has 25 heavy (non-hydrogen) atoms. The summed E-state index contributed by atoms with van der Waals surface area (Å²) in [6.07, 6.45) is 6.55. The van der Waals surface area contributed by atoms with E-state index in [1.165, 1.54) is 10.2 Å². The molecule has 0 aromatic carbocycles. The van der Waals surface area contributed by atoms with Gasteiger partial charge < -0.3 is 9.30 Å². The molecule has 0 N–H and O–H groups in total. The third-order valence-corrected chi connectivity index (χ3v) is 6.35. The molecule has 6 heteroatoms. The van der Waals surface area contributed by atoms with Crippen LogP contribution in [0.1, 0.15) is 44.5 Å². The van der Waals surface area contributed by atoms with Gasteiger partial charge >= 0.3 is 0 Å². The molecule has 1 saturated carbocycles. The number of hydrogen-bond donors (Lipinski definition) is 0. The Morgan fingerprint density at radius 3 is 3.04 bits per heavy atom. The van der Waals surface area contributed by atoms with Crippen LogP contribution in [0.4, 0.5) is 0 Å². The average Bonchev–Trinajstić information content (AvgIpc) is 3.25. The summed E-state index contributed by atoms with van der Waals surface area (Å²) in [5, 5.41) is 11.2. The molecular weight excluding hydrogens is 332 g/mol. The molecule has 0 aliphatic heterocycles. The van der Waals surface area contributed by atoms with Crippen molar-refractivity contribution < 1.29 is 4.74 Å². The number of aromatic nitrogens is 3. The highest BCUT2D eigenvalue weighted by Crippen LogP contribution is 2.40. The van der Waals surface area contributed by atoms with Crippen LogP contribution in [0.5, 0.6) is 0 Å². The third-order valence-electron chi connectivity index (χ3n) is 5.43. The van der Waals surface area contributed by atoms with Crippen LogP contribution in [0, 0.1) is 17.2 Å². The number of rotatable bonds is 4. The maximum atomic E-state index is 9.07. The Bertz CT molecular complexity index is 938. The van der Waals surface area contributed by atoms with Crippen molar-refractivity contribution in [1.82, 2.24) is 14.5 Å². The summed E-state index contributed by atoms with van der Waals surface area (Å²) in [6.45, 7) is 2.16. The van der Waals surface area contributed by atoms with Crippen molar-refractivity contribution >= 4 is 32.6 Å². The van der Waals surface area contributed by atoms with Crippen molar-refractivity contribution in [3.8, 4) is 6.07 Å². The highest BCUT2D eigenvalue weighted by atomic mass is 32.1. The second kappa shape index (κ2) is 6.74. The normalized spacial score (nSPS) is 24.0. The predicted octanol–water partition coefficient (Wildman–Crippen LogP) is 4.48. The molecule has 3 heterocycles. The summed E-state index contributed by atoms with van der Waals surface area (Å²) in [7, 11) is 1.77. The smallest absolute Gasteiger partial charge is 0.109 e. The van der Waals surface area contributed by atoms with Gasteiger partial charge in [-0.2, -0.15) is 5.26 Å². The number of nitrogens with zero attached hydrogens (tertiary/aromatic N) is 4. The van der Waals surface area contributed by atoms with Crippen LogP contribution in [0.25, 0.3) is 21.3 Å². The molecule has 0 spiro atoms. The molecule has 130 valence electrons. The van der Waals surface area contributed by atoms with Crippen molar-refractivity contribution in [1.29, 1.82) is 5.26 Å². The number of ether oxygens (including phenoxy) is 1. The largest absolute Gasteiger partial charge is 0.381 e. The number of imidazole rings is 1. The maximum Gasteiger partial charge on any atom is 0.109 e. The van der Waals surface area contributed by atoms with Crippen LogP contribution in [0.2, 0.25) is 0 Å². The zero-order chi connectivity index (χ0) is 17.4. The SMILES string of the molecule is CCc1nc2cnc3ccsc3c2n1[C@H]1CC[C@H](CC#N)[C@H](OC)C1. The number of nitriles is 1. The number of fused-ring (bicyclic) bond motifs is 3. The number of methoxy groups -OCH3 is 1. The van der Waals surface area contributed by atoms with Crippen LogP contribution in [0.15, 0.2) is 17.6 Å². The fourth-order valence-electron chi connectivity index (χ4n) is 4.21. The van der Waals surface area contributed by atoms with Crippen LogP contribution in [-0.4, -0.2) is 27.7 Å². The highest BCUT2D eigenvalue weighted by molar-refractivity contribution is 7.18. The number of pyridine rings is 1. The second-order valence-corrected chi connectivity index (χ2v) is 7.66. The summed E-state index contributed by atoms with van der Waals surface area (Å²) < 4.78 is 9.40.